The van der Waals surface area contributed by atoms with Gasteiger partial charge in [-0.05, 0) is 43.0 Å². The minimum absolute atomic E-state index is 0.166. The summed E-state index contributed by atoms with van der Waals surface area (Å²) in [6.07, 6.45) is 3.68. The molecule has 0 radical (unpaired) electrons. The van der Waals surface area contributed by atoms with Gasteiger partial charge in [-0.3, -0.25) is 10.1 Å². The van der Waals surface area contributed by atoms with Crippen molar-refractivity contribution in [2.75, 3.05) is 0 Å². The van der Waals surface area contributed by atoms with Crippen LogP contribution in [0.15, 0.2) is 28.7 Å². The fourth-order valence-corrected chi connectivity index (χ4v) is 4.31. The van der Waals surface area contributed by atoms with E-state index in [9.17, 15) is 10.1 Å². The average molecular weight is 367 g/mol. The van der Waals surface area contributed by atoms with Crippen LogP contribution in [0.25, 0.3) is 0 Å². The Labute approximate surface area is 135 Å². The number of hydrogen-bond donors (Lipinski definition) is 1. The van der Waals surface area contributed by atoms with Gasteiger partial charge >= 0.3 is 0 Å². The SMILES string of the molecule is O=[N+]([O-])c1ccc(Br)cc1CNCc1cc2c(s1)CCC2. The maximum Gasteiger partial charge on any atom is 0.273 e. The Morgan fingerprint density at radius 2 is 2.14 bits per heavy atom. The average Bonchev–Trinajstić information content (AvgIpc) is 2.99. The number of nitro benzene ring substituents is 1. The molecule has 1 heterocycles. The number of nitrogens with zero attached hydrogens (tertiary/aromatic N) is 1. The first-order valence-electron chi connectivity index (χ1n) is 6.87. The minimum Gasteiger partial charge on any atom is -0.308 e. The van der Waals surface area contributed by atoms with Crippen molar-refractivity contribution in [1.82, 2.24) is 5.32 Å². The number of halogens is 1. The maximum atomic E-state index is 11.0. The molecule has 1 aliphatic carbocycles. The van der Waals surface area contributed by atoms with E-state index in [0.29, 0.717) is 12.1 Å². The third kappa shape index (κ3) is 3.33. The molecule has 3 rings (SSSR count). The number of rotatable bonds is 5. The lowest BCUT2D eigenvalue weighted by molar-refractivity contribution is -0.385. The van der Waals surface area contributed by atoms with E-state index in [4.69, 9.17) is 0 Å². The van der Waals surface area contributed by atoms with Crippen LogP contribution >= 0.6 is 27.3 Å². The first kappa shape index (κ1) is 14.7. The van der Waals surface area contributed by atoms with E-state index >= 15 is 0 Å². The first-order chi connectivity index (χ1) is 10.1. The molecule has 0 bridgehead atoms. The quantitative estimate of drug-likeness (QED) is 0.637. The summed E-state index contributed by atoms with van der Waals surface area (Å²) in [4.78, 5) is 13.5. The Bertz CT molecular complexity index is 663. The van der Waals surface area contributed by atoms with Crippen molar-refractivity contribution in [3.63, 3.8) is 0 Å². The number of hydrogen-bond acceptors (Lipinski definition) is 4. The molecule has 0 atom stereocenters. The monoisotopic (exact) mass is 366 g/mol. The topological polar surface area (TPSA) is 55.2 Å². The Morgan fingerprint density at radius 1 is 1.29 bits per heavy atom. The Hall–Kier alpha value is -1.24. The van der Waals surface area contributed by atoms with Crippen LogP contribution in [0, 0.1) is 10.1 Å². The van der Waals surface area contributed by atoms with Crippen molar-refractivity contribution in [2.24, 2.45) is 0 Å². The second-order valence-electron chi connectivity index (χ2n) is 5.15. The highest BCUT2D eigenvalue weighted by atomic mass is 79.9. The summed E-state index contributed by atoms with van der Waals surface area (Å²) in [5, 5.41) is 14.3. The zero-order valence-electron chi connectivity index (χ0n) is 11.4. The van der Waals surface area contributed by atoms with E-state index < -0.39 is 0 Å². The fourth-order valence-electron chi connectivity index (χ4n) is 2.67. The maximum absolute atomic E-state index is 11.0. The molecule has 1 aromatic carbocycles. The number of thiophene rings is 1. The van der Waals surface area contributed by atoms with E-state index in [1.54, 1.807) is 18.2 Å². The van der Waals surface area contributed by atoms with E-state index in [2.05, 4.69) is 27.3 Å². The molecule has 0 amide bonds. The summed E-state index contributed by atoms with van der Waals surface area (Å²) < 4.78 is 0.861. The van der Waals surface area contributed by atoms with Crippen LogP contribution < -0.4 is 5.32 Å². The lowest BCUT2D eigenvalue weighted by Crippen LogP contribution is -2.13. The van der Waals surface area contributed by atoms with Crippen LogP contribution in [-0.4, -0.2) is 4.92 Å². The summed E-state index contributed by atoms with van der Waals surface area (Å²) in [7, 11) is 0. The molecule has 0 unspecified atom stereocenters. The van der Waals surface area contributed by atoms with Crippen LogP contribution in [0.4, 0.5) is 5.69 Å². The highest BCUT2D eigenvalue weighted by molar-refractivity contribution is 9.10. The molecule has 1 aliphatic rings. The van der Waals surface area contributed by atoms with Gasteiger partial charge in [0.1, 0.15) is 0 Å². The minimum atomic E-state index is -0.330. The van der Waals surface area contributed by atoms with Crippen LogP contribution in [0.3, 0.4) is 0 Å². The summed E-state index contributed by atoms with van der Waals surface area (Å²) in [6, 6.07) is 7.32. The second-order valence-corrected chi connectivity index (χ2v) is 7.29. The van der Waals surface area contributed by atoms with Crippen molar-refractivity contribution < 1.29 is 4.92 Å². The molecule has 0 saturated heterocycles. The van der Waals surface area contributed by atoms with Gasteiger partial charge in [-0.15, -0.1) is 11.3 Å². The molecule has 110 valence electrons. The first-order valence-corrected chi connectivity index (χ1v) is 8.48. The number of fused-ring (bicyclic) bond motifs is 1. The van der Waals surface area contributed by atoms with Gasteiger partial charge in [-0.25, -0.2) is 0 Å². The summed E-state index contributed by atoms with van der Waals surface area (Å²) in [5.41, 5.74) is 2.36. The molecular formula is C15H15BrN2O2S. The molecule has 1 N–H and O–H groups in total. The number of nitro groups is 1. The van der Waals surface area contributed by atoms with Gasteiger partial charge < -0.3 is 5.32 Å². The molecule has 0 fully saturated rings. The molecule has 21 heavy (non-hydrogen) atoms. The van der Waals surface area contributed by atoms with Crippen LogP contribution in [0.1, 0.15) is 27.3 Å². The van der Waals surface area contributed by atoms with Gasteiger partial charge in [0.05, 0.1) is 4.92 Å². The smallest absolute Gasteiger partial charge is 0.273 e. The zero-order valence-corrected chi connectivity index (χ0v) is 13.8. The van der Waals surface area contributed by atoms with Gasteiger partial charge in [0.2, 0.25) is 0 Å². The van der Waals surface area contributed by atoms with E-state index in [-0.39, 0.29) is 10.6 Å². The van der Waals surface area contributed by atoms with Gasteiger partial charge in [0.25, 0.3) is 5.69 Å². The molecule has 2 aromatic rings. The van der Waals surface area contributed by atoms with Crippen molar-refractivity contribution in [2.45, 2.75) is 32.4 Å². The van der Waals surface area contributed by atoms with Gasteiger partial charge in [0, 0.05) is 38.9 Å². The van der Waals surface area contributed by atoms with Gasteiger partial charge in [0.15, 0.2) is 0 Å². The van der Waals surface area contributed by atoms with Crippen molar-refractivity contribution in [3.8, 4) is 0 Å². The number of aryl methyl sites for hydroxylation is 2. The van der Waals surface area contributed by atoms with E-state index in [1.807, 2.05) is 11.3 Å². The van der Waals surface area contributed by atoms with Crippen molar-refractivity contribution >= 4 is 33.0 Å². The highest BCUT2D eigenvalue weighted by Crippen LogP contribution is 2.30. The summed E-state index contributed by atoms with van der Waals surface area (Å²) in [6.45, 7) is 1.26. The number of benzene rings is 1. The Balaban J connectivity index is 1.64. The lowest BCUT2D eigenvalue weighted by atomic mass is 10.2. The largest absolute Gasteiger partial charge is 0.308 e. The van der Waals surface area contributed by atoms with Crippen LogP contribution in [0.2, 0.25) is 0 Å². The number of nitrogens with one attached hydrogen (secondary N) is 1. The molecule has 6 heteroatoms. The standard InChI is InChI=1S/C15H15BrN2O2S/c16-12-4-5-14(18(19)20)11(6-12)8-17-9-13-7-10-2-1-3-15(10)21-13/h4-7,17H,1-3,8-9H2. The molecular weight excluding hydrogens is 352 g/mol. The fraction of sp³-hybridized carbons (Fsp3) is 0.333. The normalized spacial score (nSPS) is 13.4. The molecule has 0 aliphatic heterocycles. The van der Waals surface area contributed by atoms with Crippen LogP contribution in [0.5, 0.6) is 0 Å². The Kier molecular flexibility index (Phi) is 4.37. The zero-order chi connectivity index (χ0) is 14.8. The van der Waals surface area contributed by atoms with Gasteiger partial charge in [-0.2, -0.15) is 0 Å². The molecule has 0 saturated carbocycles. The summed E-state index contributed by atoms with van der Waals surface area (Å²) >= 11 is 5.23. The molecule has 1 aromatic heterocycles. The third-order valence-electron chi connectivity index (χ3n) is 3.65. The van der Waals surface area contributed by atoms with Gasteiger partial charge in [-0.1, -0.05) is 15.9 Å². The van der Waals surface area contributed by atoms with Crippen LogP contribution in [-0.2, 0) is 25.9 Å². The lowest BCUT2D eigenvalue weighted by Gasteiger charge is -2.05. The molecule has 0 spiro atoms. The highest BCUT2D eigenvalue weighted by Gasteiger charge is 2.16. The second kappa shape index (κ2) is 6.25. The Morgan fingerprint density at radius 3 is 2.90 bits per heavy atom. The predicted molar refractivity (Wildman–Crippen MR) is 87.7 cm³/mol. The molecule has 4 nitrogen and oxygen atoms in total. The van der Waals surface area contributed by atoms with Crippen molar-refractivity contribution in [1.29, 1.82) is 0 Å². The summed E-state index contributed by atoms with van der Waals surface area (Å²) in [5.74, 6) is 0. The van der Waals surface area contributed by atoms with E-state index in [0.717, 1.165) is 11.0 Å². The third-order valence-corrected chi connectivity index (χ3v) is 5.38. The predicted octanol–water partition coefficient (Wildman–Crippen LogP) is 4.20. The van der Waals surface area contributed by atoms with Crippen molar-refractivity contribution in [3.05, 3.63) is 59.7 Å². The van der Waals surface area contributed by atoms with E-state index in [1.165, 1.54) is 34.6 Å².